The second-order valence-corrected chi connectivity index (χ2v) is 10.7. The van der Waals surface area contributed by atoms with Crippen molar-refractivity contribution < 1.29 is 18.8 Å². The zero-order valence-corrected chi connectivity index (χ0v) is 18.9. The molecular formula is C23H33BN2O4. The van der Waals surface area contributed by atoms with Crippen LogP contribution in [0, 0.1) is 5.41 Å². The number of hydrogen-bond donors (Lipinski definition) is 0. The van der Waals surface area contributed by atoms with Crippen molar-refractivity contribution in [2.45, 2.75) is 84.2 Å². The van der Waals surface area contributed by atoms with Crippen LogP contribution in [0.5, 0.6) is 5.75 Å². The minimum absolute atomic E-state index is 0.0373. The predicted molar refractivity (Wildman–Crippen MR) is 117 cm³/mol. The maximum atomic E-state index is 6.31. The van der Waals surface area contributed by atoms with Crippen LogP contribution in [-0.4, -0.2) is 41.3 Å². The first-order chi connectivity index (χ1) is 14.2. The lowest BCUT2D eigenvalue weighted by Crippen LogP contribution is -2.38. The first-order valence-corrected chi connectivity index (χ1v) is 11.3. The lowest BCUT2D eigenvalue weighted by atomic mass is 9.82. The molecule has 1 aliphatic carbocycles. The van der Waals surface area contributed by atoms with Gasteiger partial charge >= 0.3 is 7.12 Å². The average Bonchev–Trinajstić information content (AvgIpc) is 2.97. The zero-order chi connectivity index (χ0) is 21.1. The molecule has 1 saturated carbocycles. The van der Waals surface area contributed by atoms with E-state index in [9.17, 15) is 0 Å². The highest BCUT2D eigenvalue weighted by molar-refractivity contribution is 6.64. The Labute approximate surface area is 179 Å². The third-order valence-corrected chi connectivity index (χ3v) is 6.88. The summed E-state index contributed by atoms with van der Waals surface area (Å²) in [5.74, 6) is 0.859. The number of ether oxygens (including phenoxy) is 2. The molecule has 1 aromatic heterocycles. The van der Waals surface area contributed by atoms with Gasteiger partial charge in [-0.25, -0.2) is 4.68 Å². The summed E-state index contributed by atoms with van der Waals surface area (Å²) in [6, 6.07) is 6.21. The molecule has 0 spiro atoms. The van der Waals surface area contributed by atoms with Crippen molar-refractivity contribution >= 4 is 23.6 Å². The van der Waals surface area contributed by atoms with Crippen molar-refractivity contribution in [3.05, 3.63) is 18.2 Å². The Morgan fingerprint density at radius 2 is 1.97 bits per heavy atom. The number of nitrogens with zero attached hydrogens (tertiary/aromatic N) is 2. The quantitative estimate of drug-likeness (QED) is 0.689. The second kappa shape index (κ2) is 6.97. The summed E-state index contributed by atoms with van der Waals surface area (Å²) in [5.41, 5.74) is 1.69. The minimum Gasteiger partial charge on any atom is -0.494 e. The van der Waals surface area contributed by atoms with Crippen molar-refractivity contribution in [2.24, 2.45) is 5.41 Å². The summed E-state index contributed by atoms with van der Waals surface area (Å²) < 4.78 is 26.8. The molecule has 0 N–H and O–H groups in total. The van der Waals surface area contributed by atoms with Gasteiger partial charge in [-0.2, -0.15) is 5.10 Å². The SMILES string of the molecule is CC(C)(C)CCOc1ccc2c(c1)c(B1OC3(C)CC3(C)O1)nn2C1CCCCO1. The topological polar surface area (TPSA) is 54.7 Å². The van der Waals surface area contributed by atoms with E-state index in [4.69, 9.17) is 23.9 Å². The van der Waals surface area contributed by atoms with E-state index in [0.29, 0.717) is 6.61 Å². The normalized spacial score (nSPS) is 31.2. The Bertz CT molecular complexity index is 933. The Balaban J connectivity index is 1.47. The molecule has 2 saturated heterocycles. The summed E-state index contributed by atoms with van der Waals surface area (Å²) in [6.45, 7) is 12.4. The van der Waals surface area contributed by atoms with Crippen molar-refractivity contribution in [1.82, 2.24) is 9.78 Å². The highest BCUT2D eigenvalue weighted by atomic mass is 16.7. The molecule has 3 atom stereocenters. The third kappa shape index (κ3) is 3.55. The van der Waals surface area contributed by atoms with Crippen molar-refractivity contribution in [2.75, 3.05) is 13.2 Å². The lowest BCUT2D eigenvalue weighted by molar-refractivity contribution is -0.0364. The molecule has 3 aliphatic rings. The molecule has 0 radical (unpaired) electrons. The molecule has 6 nitrogen and oxygen atoms in total. The highest BCUT2D eigenvalue weighted by Crippen LogP contribution is 2.58. The number of rotatable bonds is 5. The Morgan fingerprint density at radius 1 is 1.20 bits per heavy atom. The molecule has 2 aliphatic heterocycles. The average molecular weight is 412 g/mol. The van der Waals surface area contributed by atoms with E-state index in [1.807, 2.05) is 10.7 Å². The van der Waals surface area contributed by atoms with Gasteiger partial charge in [0.05, 0.1) is 23.3 Å². The van der Waals surface area contributed by atoms with Gasteiger partial charge in [-0.15, -0.1) is 0 Å². The first kappa shape index (κ1) is 20.3. The van der Waals surface area contributed by atoms with Gasteiger partial charge in [0.1, 0.15) is 11.3 Å². The van der Waals surface area contributed by atoms with E-state index < -0.39 is 7.12 Å². The van der Waals surface area contributed by atoms with Gasteiger partial charge < -0.3 is 18.8 Å². The molecule has 0 amide bonds. The van der Waals surface area contributed by atoms with Crippen LogP contribution in [0.4, 0.5) is 0 Å². The summed E-state index contributed by atoms with van der Waals surface area (Å²) in [6.07, 6.45) is 5.13. The fraction of sp³-hybridized carbons (Fsp3) is 0.696. The zero-order valence-electron chi connectivity index (χ0n) is 18.9. The molecule has 7 heteroatoms. The molecule has 3 heterocycles. The van der Waals surface area contributed by atoms with E-state index >= 15 is 0 Å². The van der Waals surface area contributed by atoms with Crippen LogP contribution < -0.4 is 10.3 Å². The maximum absolute atomic E-state index is 6.31. The van der Waals surface area contributed by atoms with Crippen molar-refractivity contribution in [1.29, 1.82) is 0 Å². The molecule has 0 bridgehead atoms. The highest BCUT2D eigenvalue weighted by Gasteiger charge is 2.71. The first-order valence-electron chi connectivity index (χ1n) is 11.3. The van der Waals surface area contributed by atoms with Crippen LogP contribution in [-0.2, 0) is 14.0 Å². The number of fused-ring (bicyclic) bond motifs is 2. The van der Waals surface area contributed by atoms with Crippen LogP contribution in [0.25, 0.3) is 10.9 Å². The molecule has 162 valence electrons. The molecule has 3 fully saturated rings. The van der Waals surface area contributed by atoms with Gasteiger partial charge in [-0.05, 0) is 63.1 Å². The smallest absolute Gasteiger partial charge is 0.494 e. The Morgan fingerprint density at radius 3 is 2.63 bits per heavy atom. The standard InChI is InChI=1S/C23H33BN2O4/c1-21(2,3)11-13-27-16-9-10-18-17(14-16)20(24-29-22(4)15-23(22,5)30-24)25-26(18)19-8-6-7-12-28-19/h9-10,14,19H,6-8,11-13,15H2,1-5H3. The van der Waals surface area contributed by atoms with Crippen LogP contribution >= 0.6 is 0 Å². The lowest BCUT2D eigenvalue weighted by Gasteiger charge is -2.23. The Kier molecular flexibility index (Phi) is 4.73. The Hall–Kier alpha value is -1.57. The second-order valence-electron chi connectivity index (χ2n) is 10.7. The molecule has 2 aromatic rings. The summed E-state index contributed by atoms with van der Waals surface area (Å²) in [7, 11) is -0.453. The van der Waals surface area contributed by atoms with Gasteiger partial charge in [-0.1, -0.05) is 20.8 Å². The predicted octanol–water partition coefficient (Wildman–Crippen LogP) is 4.21. The van der Waals surface area contributed by atoms with E-state index in [0.717, 1.165) is 61.0 Å². The maximum Gasteiger partial charge on any atom is 0.517 e. The van der Waals surface area contributed by atoms with Gasteiger partial charge in [0.25, 0.3) is 0 Å². The monoisotopic (exact) mass is 412 g/mol. The largest absolute Gasteiger partial charge is 0.517 e. The van der Waals surface area contributed by atoms with Gasteiger partial charge in [0.15, 0.2) is 6.23 Å². The summed E-state index contributed by atoms with van der Waals surface area (Å²) in [5, 5.41) is 5.98. The van der Waals surface area contributed by atoms with Crippen molar-refractivity contribution in [3.63, 3.8) is 0 Å². The van der Waals surface area contributed by atoms with Crippen LogP contribution in [0.2, 0.25) is 0 Å². The van der Waals surface area contributed by atoms with Gasteiger partial charge in [0.2, 0.25) is 0 Å². The summed E-state index contributed by atoms with van der Waals surface area (Å²) >= 11 is 0. The summed E-state index contributed by atoms with van der Waals surface area (Å²) in [4.78, 5) is 0. The fourth-order valence-corrected chi connectivity index (χ4v) is 4.56. The molecule has 3 unspecified atom stereocenters. The minimum atomic E-state index is -0.453. The van der Waals surface area contributed by atoms with E-state index in [2.05, 4.69) is 46.8 Å². The van der Waals surface area contributed by atoms with Crippen LogP contribution in [0.1, 0.15) is 73.0 Å². The van der Waals surface area contributed by atoms with E-state index in [1.165, 1.54) is 0 Å². The number of aromatic nitrogens is 2. The molecule has 1 aromatic carbocycles. The fourth-order valence-electron chi connectivity index (χ4n) is 4.56. The molecule has 5 rings (SSSR count). The third-order valence-electron chi connectivity index (χ3n) is 6.88. The number of hydrogen-bond acceptors (Lipinski definition) is 5. The van der Waals surface area contributed by atoms with E-state index in [-0.39, 0.29) is 22.8 Å². The number of benzene rings is 1. The molecule has 30 heavy (non-hydrogen) atoms. The van der Waals surface area contributed by atoms with Crippen LogP contribution in [0.3, 0.4) is 0 Å². The van der Waals surface area contributed by atoms with Gasteiger partial charge in [-0.3, -0.25) is 0 Å². The van der Waals surface area contributed by atoms with E-state index in [1.54, 1.807) is 0 Å². The van der Waals surface area contributed by atoms with Gasteiger partial charge in [0, 0.05) is 18.4 Å². The molecular weight excluding hydrogens is 379 g/mol. The van der Waals surface area contributed by atoms with Crippen molar-refractivity contribution in [3.8, 4) is 5.75 Å². The van der Waals surface area contributed by atoms with Crippen LogP contribution in [0.15, 0.2) is 18.2 Å².